The molecule has 2 amide bonds. The van der Waals surface area contributed by atoms with E-state index in [1.807, 2.05) is 0 Å². The molecular weight excluding hydrogens is 412 g/mol. The van der Waals surface area contributed by atoms with Gasteiger partial charge in [0.25, 0.3) is 5.91 Å². The quantitative estimate of drug-likeness (QED) is 0.576. The van der Waals surface area contributed by atoms with Crippen molar-refractivity contribution >= 4 is 51.2 Å². The number of hydrogen-bond acceptors (Lipinski definition) is 5. The van der Waals surface area contributed by atoms with Gasteiger partial charge in [-0.15, -0.1) is 0 Å². The molecule has 2 heterocycles. The highest BCUT2D eigenvalue weighted by Crippen LogP contribution is 2.42. The van der Waals surface area contributed by atoms with E-state index >= 15 is 0 Å². The SMILES string of the molecule is O=C(CC1(O)C(=O)Nc2c(Br)cccc21)NC1(C(=O)O)CCSCC1. The third-order valence-corrected chi connectivity index (χ3v) is 6.27. The molecule has 0 bridgehead atoms. The number of carboxylic acids is 1. The largest absolute Gasteiger partial charge is 0.480 e. The summed E-state index contributed by atoms with van der Waals surface area (Å²) in [6.07, 6.45) is 0.0848. The number of nitrogens with one attached hydrogen (secondary N) is 2. The monoisotopic (exact) mass is 428 g/mol. The highest BCUT2D eigenvalue weighted by Gasteiger charge is 2.49. The number of rotatable bonds is 4. The second-order valence-electron chi connectivity index (χ2n) is 6.20. The molecule has 2 aliphatic rings. The molecule has 0 aromatic heterocycles. The van der Waals surface area contributed by atoms with Crippen molar-refractivity contribution in [2.24, 2.45) is 0 Å². The van der Waals surface area contributed by atoms with Crippen LogP contribution in [-0.4, -0.2) is 45.0 Å². The molecule has 1 aromatic carbocycles. The predicted octanol–water partition coefficient (Wildman–Crippen LogP) is 1.45. The van der Waals surface area contributed by atoms with Gasteiger partial charge in [-0.2, -0.15) is 11.8 Å². The highest BCUT2D eigenvalue weighted by atomic mass is 79.9. The van der Waals surface area contributed by atoms with E-state index in [1.54, 1.807) is 30.0 Å². The number of aliphatic hydroxyl groups is 1. The zero-order valence-electron chi connectivity index (χ0n) is 13.2. The van der Waals surface area contributed by atoms with Crippen LogP contribution in [0.5, 0.6) is 0 Å². The minimum absolute atomic E-state index is 0.297. The number of carbonyl (C=O) groups excluding carboxylic acids is 2. The van der Waals surface area contributed by atoms with E-state index in [0.717, 1.165) is 0 Å². The van der Waals surface area contributed by atoms with Crippen LogP contribution in [0.3, 0.4) is 0 Å². The van der Waals surface area contributed by atoms with Crippen LogP contribution in [0.2, 0.25) is 0 Å². The average Bonchev–Trinajstić information content (AvgIpc) is 2.81. The summed E-state index contributed by atoms with van der Waals surface area (Å²) in [5, 5.41) is 25.5. The summed E-state index contributed by atoms with van der Waals surface area (Å²) in [5.74, 6) is -1.19. The lowest BCUT2D eigenvalue weighted by Gasteiger charge is -2.34. The summed E-state index contributed by atoms with van der Waals surface area (Å²) in [5.41, 5.74) is -2.64. The number of carbonyl (C=O) groups is 3. The molecule has 1 aromatic rings. The zero-order chi connectivity index (χ0) is 18.2. The van der Waals surface area contributed by atoms with Gasteiger partial charge < -0.3 is 20.8 Å². The summed E-state index contributed by atoms with van der Waals surface area (Å²) >= 11 is 4.93. The van der Waals surface area contributed by atoms with Gasteiger partial charge >= 0.3 is 5.97 Å². The maximum atomic E-state index is 12.5. The zero-order valence-corrected chi connectivity index (χ0v) is 15.6. The molecule has 1 saturated heterocycles. The number of amides is 2. The van der Waals surface area contributed by atoms with Crippen molar-refractivity contribution < 1.29 is 24.6 Å². The van der Waals surface area contributed by atoms with E-state index in [0.29, 0.717) is 40.1 Å². The molecule has 9 heteroatoms. The van der Waals surface area contributed by atoms with Crippen LogP contribution in [0.4, 0.5) is 5.69 Å². The number of anilines is 1. The van der Waals surface area contributed by atoms with Gasteiger partial charge in [-0.1, -0.05) is 12.1 Å². The lowest BCUT2D eigenvalue weighted by Crippen LogP contribution is -2.57. The Kier molecular flexibility index (Phi) is 4.82. The van der Waals surface area contributed by atoms with Gasteiger partial charge in [-0.05, 0) is 46.3 Å². The van der Waals surface area contributed by atoms with Crippen molar-refractivity contribution in [3.8, 4) is 0 Å². The molecule has 134 valence electrons. The van der Waals surface area contributed by atoms with E-state index in [9.17, 15) is 24.6 Å². The summed E-state index contributed by atoms with van der Waals surface area (Å²) in [4.78, 5) is 36.4. The van der Waals surface area contributed by atoms with Gasteiger partial charge in [0, 0.05) is 10.0 Å². The molecule has 0 saturated carbocycles. The van der Waals surface area contributed by atoms with Crippen LogP contribution < -0.4 is 10.6 Å². The van der Waals surface area contributed by atoms with Crippen molar-refractivity contribution in [1.29, 1.82) is 0 Å². The van der Waals surface area contributed by atoms with E-state index in [4.69, 9.17) is 0 Å². The molecular formula is C16H17BrN2O5S. The van der Waals surface area contributed by atoms with E-state index in [2.05, 4.69) is 26.6 Å². The summed E-state index contributed by atoms with van der Waals surface area (Å²) < 4.78 is 0.598. The Morgan fingerprint density at radius 2 is 2.00 bits per heavy atom. The lowest BCUT2D eigenvalue weighted by molar-refractivity contribution is -0.150. The Bertz CT molecular complexity index is 750. The number of halogens is 1. The van der Waals surface area contributed by atoms with Crippen molar-refractivity contribution in [3.63, 3.8) is 0 Å². The van der Waals surface area contributed by atoms with Crippen molar-refractivity contribution in [1.82, 2.24) is 5.32 Å². The molecule has 1 fully saturated rings. The van der Waals surface area contributed by atoms with Crippen LogP contribution in [-0.2, 0) is 20.0 Å². The molecule has 4 N–H and O–H groups in total. The van der Waals surface area contributed by atoms with Gasteiger partial charge in [0.15, 0.2) is 5.60 Å². The van der Waals surface area contributed by atoms with Crippen LogP contribution in [0.15, 0.2) is 22.7 Å². The highest BCUT2D eigenvalue weighted by molar-refractivity contribution is 9.10. The molecule has 3 rings (SSSR count). The van der Waals surface area contributed by atoms with Crippen molar-refractivity contribution in [3.05, 3.63) is 28.2 Å². The Morgan fingerprint density at radius 3 is 2.64 bits per heavy atom. The summed E-state index contributed by atoms with van der Waals surface area (Å²) in [6, 6.07) is 4.93. The standard InChI is InChI=1S/C16H17BrN2O5S/c17-10-3-1-2-9-12(10)18-13(21)16(9,24)8-11(20)19-15(14(22)23)4-6-25-7-5-15/h1-3,24H,4-8H2,(H,18,21)(H,19,20)(H,22,23). The third-order valence-electron chi connectivity index (χ3n) is 4.62. The van der Waals surface area contributed by atoms with Crippen LogP contribution in [0.1, 0.15) is 24.8 Å². The van der Waals surface area contributed by atoms with Gasteiger partial charge in [-0.3, -0.25) is 9.59 Å². The number of thioether (sulfide) groups is 1. The molecule has 7 nitrogen and oxygen atoms in total. The fraction of sp³-hybridized carbons (Fsp3) is 0.438. The van der Waals surface area contributed by atoms with Gasteiger partial charge in [0.05, 0.1) is 12.1 Å². The smallest absolute Gasteiger partial charge is 0.329 e. The minimum Gasteiger partial charge on any atom is -0.480 e. The van der Waals surface area contributed by atoms with Crippen LogP contribution >= 0.6 is 27.7 Å². The fourth-order valence-electron chi connectivity index (χ4n) is 3.17. The maximum absolute atomic E-state index is 12.5. The van der Waals surface area contributed by atoms with Gasteiger partial charge in [-0.25, -0.2) is 4.79 Å². The van der Waals surface area contributed by atoms with E-state index in [1.165, 1.54) is 0 Å². The van der Waals surface area contributed by atoms with E-state index in [-0.39, 0.29) is 0 Å². The van der Waals surface area contributed by atoms with E-state index < -0.39 is 35.3 Å². The van der Waals surface area contributed by atoms with Crippen molar-refractivity contribution in [2.75, 3.05) is 16.8 Å². The molecule has 1 atom stereocenters. The predicted molar refractivity (Wildman–Crippen MR) is 96.4 cm³/mol. The maximum Gasteiger partial charge on any atom is 0.329 e. The number of benzene rings is 1. The average molecular weight is 429 g/mol. The number of para-hydroxylation sites is 1. The fourth-order valence-corrected chi connectivity index (χ4v) is 4.82. The third kappa shape index (κ3) is 3.16. The Hall–Kier alpha value is -1.58. The molecule has 0 spiro atoms. The second kappa shape index (κ2) is 6.62. The Labute approximate surface area is 156 Å². The first kappa shape index (κ1) is 18.2. The number of hydrogen-bond donors (Lipinski definition) is 4. The minimum atomic E-state index is -2.02. The molecule has 2 aliphatic heterocycles. The Balaban J connectivity index is 1.82. The Morgan fingerprint density at radius 1 is 1.32 bits per heavy atom. The first-order valence-corrected chi connectivity index (χ1v) is 9.68. The first-order valence-electron chi connectivity index (χ1n) is 7.73. The summed E-state index contributed by atoms with van der Waals surface area (Å²) in [6.45, 7) is 0. The van der Waals surface area contributed by atoms with Crippen LogP contribution in [0, 0.1) is 0 Å². The molecule has 0 aliphatic carbocycles. The normalized spacial score (nSPS) is 24.3. The molecule has 1 unspecified atom stereocenters. The van der Waals surface area contributed by atoms with Gasteiger partial charge in [0.2, 0.25) is 5.91 Å². The van der Waals surface area contributed by atoms with Gasteiger partial charge in [0.1, 0.15) is 5.54 Å². The summed E-state index contributed by atoms with van der Waals surface area (Å²) in [7, 11) is 0. The number of fused-ring (bicyclic) bond motifs is 1. The van der Waals surface area contributed by atoms with Crippen molar-refractivity contribution in [2.45, 2.75) is 30.4 Å². The second-order valence-corrected chi connectivity index (χ2v) is 8.28. The molecule has 25 heavy (non-hydrogen) atoms. The lowest BCUT2D eigenvalue weighted by atomic mass is 9.89. The van der Waals surface area contributed by atoms with Crippen LogP contribution in [0.25, 0.3) is 0 Å². The topological polar surface area (TPSA) is 116 Å². The number of carboxylic acid groups (broad SMARTS) is 1. The number of aliphatic carboxylic acids is 1. The molecule has 0 radical (unpaired) electrons. The first-order chi connectivity index (χ1) is 11.8.